The monoisotopic (exact) mass is 167 g/mol. The molecule has 0 spiro atoms. The number of aromatic nitrogens is 2. The fraction of sp³-hybridized carbons (Fsp3) is 0.500. The van der Waals surface area contributed by atoms with Gasteiger partial charge in [-0.15, -0.1) is 0 Å². The first-order valence-electron chi connectivity index (χ1n) is 3.85. The number of hydrogen-bond acceptors (Lipinski definition) is 4. The minimum atomic E-state index is 0.0908. The van der Waals surface area contributed by atoms with E-state index in [0.717, 1.165) is 5.69 Å². The van der Waals surface area contributed by atoms with Crippen LogP contribution in [0.3, 0.4) is 0 Å². The van der Waals surface area contributed by atoms with E-state index >= 15 is 0 Å². The fourth-order valence-electron chi connectivity index (χ4n) is 0.723. The van der Waals surface area contributed by atoms with Gasteiger partial charge in [0.25, 0.3) is 0 Å². The van der Waals surface area contributed by atoms with Gasteiger partial charge < -0.3 is 10.5 Å². The second kappa shape index (κ2) is 3.38. The van der Waals surface area contributed by atoms with Gasteiger partial charge in [-0.05, 0) is 20.8 Å². The predicted octanol–water partition coefficient (Wildman–Crippen LogP) is 1.15. The van der Waals surface area contributed by atoms with Crippen LogP contribution in [0, 0.1) is 6.92 Å². The molecule has 1 rings (SSSR count). The summed E-state index contributed by atoms with van der Waals surface area (Å²) >= 11 is 0. The van der Waals surface area contributed by atoms with Crippen LogP contribution in [0.25, 0.3) is 0 Å². The Morgan fingerprint density at radius 1 is 1.50 bits per heavy atom. The summed E-state index contributed by atoms with van der Waals surface area (Å²) in [7, 11) is 0. The molecule has 0 fully saturated rings. The molecule has 1 heterocycles. The third-order valence-corrected chi connectivity index (χ3v) is 1.34. The number of rotatable bonds is 2. The van der Waals surface area contributed by atoms with Crippen molar-refractivity contribution in [1.29, 1.82) is 0 Å². The number of nitrogens with zero attached hydrogens (tertiary/aromatic N) is 2. The third-order valence-electron chi connectivity index (χ3n) is 1.34. The molecule has 0 radical (unpaired) electrons. The van der Waals surface area contributed by atoms with Gasteiger partial charge in [-0.1, -0.05) is 0 Å². The van der Waals surface area contributed by atoms with Crippen molar-refractivity contribution < 1.29 is 4.74 Å². The molecule has 66 valence electrons. The summed E-state index contributed by atoms with van der Waals surface area (Å²) in [5.41, 5.74) is 6.88. The average Bonchev–Trinajstić information content (AvgIpc) is 1.96. The highest BCUT2D eigenvalue weighted by Gasteiger charge is 2.02. The lowest BCUT2D eigenvalue weighted by Crippen LogP contribution is -2.09. The molecule has 12 heavy (non-hydrogen) atoms. The topological polar surface area (TPSA) is 61.0 Å². The number of hydrogen-bond donors (Lipinski definition) is 1. The highest BCUT2D eigenvalue weighted by atomic mass is 16.5. The van der Waals surface area contributed by atoms with E-state index in [1.54, 1.807) is 6.20 Å². The van der Waals surface area contributed by atoms with Crippen molar-refractivity contribution in [2.24, 2.45) is 0 Å². The van der Waals surface area contributed by atoms with Gasteiger partial charge in [0.15, 0.2) is 0 Å². The molecule has 4 nitrogen and oxygen atoms in total. The van der Waals surface area contributed by atoms with Crippen LogP contribution in [0.5, 0.6) is 6.01 Å². The Morgan fingerprint density at radius 2 is 2.17 bits per heavy atom. The number of anilines is 1. The van der Waals surface area contributed by atoms with Crippen molar-refractivity contribution in [3.63, 3.8) is 0 Å². The quantitative estimate of drug-likeness (QED) is 0.717. The maximum atomic E-state index is 5.54. The standard InChI is InChI=1S/C8H13N3O/c1-5(2)12-8-10-4-7(9)6(3)11-8/h4-5H,9H2,1-3H3. The zero-order chi connectivity index (χ0) is 9.14. The van der Waals surface area contributed by atoms with E-state index in [1.165, 1.54) is 0 Å². The van der Waals surface area contributed by atoms with Gasteiger partial charge in [-0.2, -0.15) is 4.98 Å². The van der Waals surface area contributed by atoms with E-state index in [-0.39, 0.29) is 6.10 Å². The summed E-state index contributed by atoms with van der Waals surface area (Å²) in [6, 6.07) is 0.386. The highest BCUT2D eigenvalue weighted by molar-refractivity contribution is 5.39. The van der Waals surface area contributed by atoms with Crippen LogP contribution in [0.15, 0.2) is 6.20 Å². The first kappa shape index (κ1) is 8.77. The molecule has 0 aliphatic heterocycles. The third kappa shape index (κ3) is 2.08. The van der Waals surface area contributed by atoms with Crippen LogP contribution < -0.4 is 10.5 Å². The average molecular weight is 167 g/mol. The minimum Gasteiger partial charge on any atom is -0.461 e. The van der Waals surface area contributed by atoms with E-state index in [2.05, 4.69) is 9.97 Å². The second-order valence-corrected chi connectivity index (χ2v) is 2.86. The van der Waals surface area contributed by atoms with Crippen molar-refractivity contribution in [1.82, 2.24) is 9.97 Å². The molecule has 0 unspecified atom stereocenters. The van der Waals surface area contributed by atoms with Crippen molar-refractivity contribution in [2.75, 3.05) is 5.73 Å². The zero-order valence-electron chi connectivity index (χ0n) is 7.53. The van der Waals surface area contributed by atoms with Crippen molar-refractivity contribution in [3.8, 4) is 6.01 Å². The normalized spacial score (nSPS) is 10.3. The van der Waals surface area contributed by atoms with Gasteiger partial charge in [0.1, 0.15) is 0 Å². The van der Waals surface area contributed by atoms with Crippen molar-refractivity contribution in [2.45, 2.75) is 26.9 Å². The Morgan fingerprint density at radius 3 is 2.67 bits per heavy atom. The van der Waals surface area contributed by atoms with E-state index in [1.807, 2.05) is 20.8 Å². The Hall–Kier alpha value is -1.32. The molecule has 0 saturated heterocycles. The molecular weight excluding hydrogens is 154 g/mol. The number of nitrogen functional groups attached to an aromatic ring is 1. The van der Waals surface area contributed by atoms with Crippen LogP contribution in [0.4, 0.5) is 5.69 Å². The highest BCUT2D eigenvalue weighted by Crippen LogP contribution is 2.10. The zero-order valence-corrected chi connectivity index (χ0v) is 7.53. The summed E-state index contributed by atoms with van der Waals surface area (Å²) in [6.45, 7) is 5.67. The van der Waals surface area contributed by atoms with Gasteiger partial charge in [0, 0.05) is 0 Å². The maximum absolute atomic E-state index is 5.54. The first-order valence-corrected chi connectivity index (χ1v) is 3.85. The fourth-order valence-corrected chi connectivity index (χ4v) is 0.723. The summed E-state index contributed by atoms with van der Waals surface area (Å²) in [4.78, 5) is 7.98. The summed E-state index contributed by atoms with van der Waals surface area (Å²) in [5, 5.41) is 0. The van der Waals surface area contributed by atoms with E-state index in [0.29, 0.717) is 11.7 Å². The Kier molecular flexibility index (Phi) is 2.47. The molecule has 1 aromatic rings. The van der Waals surface area contributed by atoms with E-state index < -0.39 is 0 Å². The molecule has 0 aliphatic rings. The van der Waals surface area contributed by atoms with Gasteiger partial charge in [0.05, 0.1) is 23.7 Å². The summed E-state index contributed by atoms with van der Waals surface area (Å²) in [5.74, 6) is 0. The smallest absolute Gasteiger partial charge is 0.316 e. The van der Waals surface area contributed by atoms with Crippen molar-refractivity contribution in [3.05, 3.63) is 11.9 Å². The van der Waals surface area contributed by atoms with E-state index in [4.69, 9.17) is 10.5 Å². The van der Waals surface area contributed by atoms with Crippen LogP contribution >= 0.6 is 0 Å². The number of aryl methyl sites for hydroxylation is 1. The lowest BCUT2D eigenvalue weighted by atomic mass is 10.4. The molecule has 0 aromatic carbocycles. The van der Waals surface area contributed by atoms with Crippen molar-refractivity contribution >= 4 is 5.69 Å². The molecular formula is C8H13N3O. The second-order valence-electron chi connectivity index (χ2n) is 2.86. The lowest BCUT2D eigenvalue weighted by Gasteiger charge is -2.07. The lowest BCUT2D eigenvalue weighted by molar-refractivity contribution is 0.222. The molecule has 0 bridgehead atoms. The van der Waals surface area contributed by atoms with Gasteiger partial charge in [0.2, 0.25) is 0 Å². The minimum absolute atomic E-state index is 0.0908. The summed E-state index contributed by atoms with van der Waals surface area (Å²) in [6.07, 6.45) is 1.65. The number of nitrogens with two attached hydrogens (primary N) is 1. The SMILES string of the molecule is Cc1nc(OC(C)C)ncc1N. The predicted molar refractivity (Wildman–Crippen MR) is 46.9 cm³/mol. The van der Waals surface area contributed by atoms with Crippen LogP contribution in [0.2, 0.25) is 0 Å². The first-order chi connectivity index (χ1) is 5.59. The van der Waals surface area contributed by atoms with Gasteiger partial charge in [-0.25, -0.2) is 4.98 Å². The molecule has 4 heteroatoms. The van der Waals surface area contributed by atoms with Crippen LogP contribution in [0.1, 0.15) is 19.5 Å². The Labute approximate surface area is 71.8 Å². The maximum Gasteiger partial charge on any atom is 0.316 e. The largest absolute Gasteiger partial charge is 0.461 e. The molecule has 0 amide bonds. The number of ether oxygens (including phenoxy) is 1. The molecule has 0 atom stereocenters. The van der Waals surface area contributed by atoms with Crippen LogP contribution in [-0.2, 0) is 0 Å². The molecule has 1 aromatic heterocycles. The Bertz CT molecular complexity index is 273. The van der Waals surface area contributed by atoms with Gasteiger partial charge >= 0.3 is 6.01 Å². The van der Waals surface area contributed by atoms with Crippen LogP contribution in [-0.4, -0.2) is 16.1 Å². The molecule has 0 saturated carbocycles. The molecule has 0 aliphatic carbocycles. The Balaban J connectivity index is 2.82. The molecule has 2 N–H and O–H groups in total. The van der Waals surface area contributed by atoms with E-state index in [9.17, 15) is 0 Å². The van der Waals surface area contributed by atoms with Gasteiger partial charge in [-0.3, -0.25) is 0 Å². The summed E-state index contributed by atoms with van der Waals surface area (Å²) < 4.78 is 5.27.